The summed E-state index contributed by atoms with van der Waals surface area (Å²) >= 11 is 0. The van der Waals surface area contributed by atoms with E-state index in [0.29, 0.717) is 56.9 Å². The zero-order chi connectivity index (χ0) is 28.6. The first-order valence-corrected chi connectivity index (χ1v) is 12.5. The van der Waals surface area contributed by atoms with Crippen molar-refractivity contribution in [3.8, 4) is 33.9 Å². The number of hydrogen-bond donors (Lipinski definition) is 3. The Hall–Kier alpha value is -5.05. The Morgan fingerprint density at radius 3 is 2.42 bits per heavy atom. The molecule has 0 atom stereocenters. The highest BCUT2D eigenvalue weighted by atomic mass is 19.1. The fourth-order valence-electron chi connectivity index (χ4n) is 4.23. The molecule has 0 fully saturated rings. The summed E-state index contributed by atoms with van der Waals surface area (Å²) in [6, 6.07) is 9.70. The van der Waals surface area contributed by atoms with Crippen LogP contribution in [-0.2, 0) is 6.54 Å². The van der Waals surface area contributed by atoms with E-state index in [2.05, 4.69) is 54.3 Å². The quantitative estimate of drug-likeness (QED) is 0.213. The second kappa shape index (κ2) is 12.7. The molecule has 2 aromatic carbocycles. The van der Waals surface area contributed by atoms with Crippen LogP contribution in [0.5, 0.6) is 0 Å². The van der Waals surface area contributed by atoms with Crippen molar-refractivity contribution >= 4 is 21.9 Å². The zero-order valence-corrected chi connectivity index (χ0v) is 22.4. The van der Waals surface area contributed by atoms with Gasteiger partial charge in [-0.05, 0) is 42.9 Å². The molecule has 6 aromatic rings. The summed E-state index contributed by atoms with van der Waals surface area (Å²) in [4.78, 5) is 20.5. The molecule has 40 heavy (non-hydrogen) atoms. The van der Waals surface area contributed by atoms with Crippen LogP contribution in [0.15, 0.2) is 80.2 Å². The third-order valence-corrected chi connectivity index (χ3v) is 5.76. The summed E-state index contributed by atoms with van der Waals surface area (Å²) in [5.74, 6) is -0.281. The average molecular weight is 539 g/mol. The monoisotopic (exact) mass is 538 g/mol. The third-order valence-electron chi connectivity index (χ3n) is 5.76. The lowest BCUT2D eigenvalue weighted by Crippen LogP contribution is -2.05. The van der Waals surface area contributed by atoms with Crippen molar-refractivity contribution in [3.05, 3.63) is 97.4 Å². The Bertz CT molecular complexity index is 1780. The van der Waals surface area contributed by atoms with Crippen molar-refractivity contribution in [2.45, 2.75) is 20.4 Å². The van der Waals surface area contributed by atoms with Gasteiger partial charge < -0.3 is 10.3 Å². The molecule has 8 nitrogen and oxygen atoms in total. The summed E-state index contributed by atoms with van der Waals surface area (Å²) in [6.45, 7) is 10.8. The number of aromatic amines is 2. The molecule has 0 saturated heterocycles. The summed E-state index contributed by atoms with van der Waals surface area (Å²) in [5.41, 5.74) is 7.49. The van der Waals surface area contributed by atoms with Crippen LogP contribution in [0.4, 0.5) is 8.78 Å². The van der Waals surface area contributed by atoms with E-state index in [4.69, 9.17) is 4.98 Å². The van der Waals surface area contributed by atoms with E-state index < -0.39 is 5.82 Å². The molecule has 0 radical (unpaired) electrons. The summed E-state index contributed by atoms with van der Waals surface area (Å²) in [6.07, 6.45) is 6.15. The first-order chi connectivity index (χ1) is 19.5. The molecule has 4 aromatic heterocycles. The van der Waals surface area contributed by atoms with E-state index in [1.165, 1.54) is 24.5 Å². The smallest absolute Gasteiger partial charge is 0.159 e. The minimum absolute atomic E-state index is 0.347. The molecule has 0 aliphatic carbocycles. The van der Waals surface area contributed by atoms with E-state index in [1.54, 1.807) is 37.8 Å². The number of aromatic nitrogens is 7. The molecule has 10 heteroatoms. The molecular formula is C30H28F2N8. The van der Waals surface area contributed by atoms with Gasteiger partial charge in [-0.25, -0.2) is 23.7 Å². The molecule has 0 unspecified atom stereocenters. The highest BCUT2D eigenvalue weighted by molar-refractivity contribution is 5.97. The first kappa shape index (κ1) is 28.0. The molecule has 202 valence electrons. The van der Waals surface area contributed by atoms with Crippen LogP contribution in [0.2, 0.25) is 0 Å². The SMILES string of the molecule is C=C=C.CC.CNCc1cc(F)cc(-c2nccc3[nH]c(-c4n[nH]c5cc(F)c(-c6cncnc6)cc45)nc23)c1. The van der Waals surface area contributed by atoms with Crippen molar-refractivity contribution in [2.24, 2.45) is 0 Å². The largest absolute Gasteiger partial charge is 0.336 e. The second-order valence-electron chi connectivity index (χ2n) is 8.35. The number of pyridine rings is 1. The maximum Gasteiger partial charge on any atom is 0.159 e. The standard InChI is InChI=1S/C25H18F2N8.C3H4.C2H6/c1-28-9-13-4-14(6-16(26)5-13)22-24-20(2-3-31-22)32-25(33-24)23-18-7-17(15-10-29-12-30-11-15)19(27)8-21(18)34-35-23;1-3-2;1-2/h2-8,10-12,28H,9H2,1H3,(H,32,33)(H,34,35);1-2H2;1-2H3. The van der Waals surface area contributed by atoms with Crippen LogP contribution >= 0.6 is 0 Å². The van der Waals surface area contributed by atoms with Gasteiger partial charge in [0, 0.05) is 53.3 Å². The maximum atomic E-state index is 14.8. The van der Waals surface area contributed by atoms with Gasteiger partial charge >= 0.3 is 0 Å². The Morgan fingerprint density at radius 2 is 1.70 bits per heavy atom. The molecule has 0 aliphatic rings. The fraction of sp³-hybridized carbons (Fsp3) is 0.133. The number of benzene rings is 2. The van der Waals surface area contributed by atoms with Crippen LogP contribution < -0.4 is 5.32 Å². The molecule has 6 rings (SSSR count). The maximum absolute atomic E-state index is 14.8. The Balaban J connectivity index is 0.000000695. The molecule has 3 N–H and O–H groups in total. The van der Waals surface area contributed by atoms with Crippen molar-refractivity contribution in [1.29, 1.82) is 0 Å². The van der Waals surface area contributed by atoms with Gasteiger partial charge in [0.1, 0.15) is 29.2 Å². The number of imidazole rings is 1. The Morgan fingerprint density at radius 1 is 0.950 bits per heavy atom. The van der Waals surface area contributed by atoms with Gasteiger partial charge in [0.05, 0.1) is 16.7 Å². The zero-order valence-electron chi connectivity index (χ0n) is 22.4. The Labute approximate surface area is 230 Å². The van der Waals surface area contributed by atoms with Gasteiger partial charge in [0.2, 0.25) is 0 Å². The minimum atomic E-state index is -0.415. The minimum Gasteiger partial charge on any atom is -0.336 e. The van der Waals surface area contributed by atoms with Gasteiger partial charge in [-0.15, -0.1) is 5.73 Å². The number of rotatable bonds is 5. The summed E-state index contributed by atoms with van der Waals surface area (Å²) < 4.78 is 29.1. The van der Waals surface area contributed by atoms with E-state index >= 15 is 0 Å². The lowest BCUT2D eigenvalue weighted by atomic mass is 10.0. The fourth-order valence-corrected chi connectivity index (χ4v) is 4.23. The summed E-state index contributed by atoms with van der Waals surface area (Å²) in [5, 5.41) is 11.0. The number of fused-ring (bicyclic) bond motifs is 2. The predicted molar refractivity (Wildman–Crippen MR) is 154 cm³/mol. The summed E-state index contributed by atoms with van der Waals surface area (Å²) in [7, 11) is 1.81. The molecule has 4 heterocycles. The second-order valence-corrected chi connectivity index (χ2v) is 8.35. The first-order valence-electron chi connectivity index (χ1n) is 12.5. The predicted octanol–water partition coefficient (Wildman–Crippen LogP) is 6.61. The molecule has 0 aliphatic heterocycles. The van der Waals surface area contributed by atoms with Crippen LogP contribution in [0, 0.1) is 11.6 Å². The normalized spacial score (nSPS) is 10.4. The van der Waals surface area contributed by atoms with Gasteiger partial charge in [-0.3, -0.25) is 10.1 Å². The highest BCUT2D eigenvalue weighted by Crippen LogP contribution is 2.33. The van der Waals surface area contributed by atoms with Gasteiger partial charge in [0.15, 0.2) is 5.82 Å². The topological polar surface area (TPSA) is 108 Å². The lowest BCUT2D eigenvalue weighted by Gasteiger charge is -2.06. The van der Waals surface area contributed by atoms with Crippen molar-refractivity contribution < 1.29 is 8.78 Å². The number of H-pyrrole nitrogens is 2. The van der Waals surface area contributed by atoms with Crippen molar-refractivity contribution in [2.75, 3.05) is 7.05 Å². The lowest BCUT2D eigenvalue weighted by molar-refractivity contribution is 0.624. The van der Waals surface area contributed by atoms with Crippen LogP contribution in [0.3, 0.4) is 0 Å². The van der Waals surface area contributed by atoms with E-state index in [1.807, 2.05) is 19.9 Å². The third kappa shape index (κ3) is 5.68. The van der Waals surface area contributed by atoms with Gasteiger partial charge in [0.25, 0.3) is 0 Å². The molecular weight excluding hydrogens is 510 g/mol. The van der Waals surface area contributed by atoms with E-state index in [-0.39, 0.29) is 5.82 Å². The number of nitrogens with zero attached hydrogens (tertiary/aromatic N) is 5. The van der Waals surface area contributed by atoms with E-state index in [0.717, 1.165) is 11.1 Å². The molecule has 0 saturated carbocycles. The highest BCUT2D eigenvalue weighted by Gasteiger charge is 2.18. The average Bonchev–Trinajstić information content (AvgIpc) is 3.58. The van der Waals surface area contributed by atoms with Crippen molar-refractivity contribution in [3.63, 3.8) is 0 Å². The molecule has 0 amide bonds. The van der Waals surface area contributed by atoms with Crippen LogP contribution in [-0.4, -0.2) is 42.2 Å². The molecule has 0 spiro atoms. The van der Waals surface area contributed by atoms with Crippen molar-refractivity contribution in [1.82, 2.24) is 40.4 Å². The molecule has 0 bridgehead atoms. The number of hydrogen-bond acceptors (Lipinski definition) is 6. The number of nitrogens with one attached hydrogen (secondary N) is 3. The van der Waals surface area contributed by atoms with Crippen LogP contribution in [0.1, 0.15) is 19.4 Å². The number of halogens is 2. The van der Waals surface area contributed by atoms with Gasteiger partial charge in [-0.2, -0.15) is 5.10 Å². The van der Waals surface area contributed by atoms with E-state index in [9.17, 15) is 8.78 Å². The Kier molecular flexibility index (Phi) is 8.86. The van der Waals surface area contributed by atoms with Crippen LogP contribution in [0.25, 0.3) is 55.8 Å². The van der Waals surface area contributed by atoms with Gasteiger partial charge in [-0.1, -0.05) is 27.0 Å².